The molecule has 5 rings (SSSR count). The quantitative estimate of drug-likeness (QED) is 0.408. The highest BCUT2D eigenvalue weighted by molar-refractivity contribution is 7.10. The van der Waals surface area contributed by atoms with Crippen LogP contribution in [-0.4, -0.2) is 10.2 Å². The Morgan fingerprint density at radius 2 is 1.64 bits per heavy atom. The number of aromatic nitrogens is 2. The molecule has 2 aromatic carbocycles. The highest BCUT2D eigenvalue weighted by Crippen LogP contribution is 2.42. The second-order valence-electron chi connectivity index (χ2n) is 6.23. The van der Waals surface area contributed by atoms with Gasteiger partial charge in [-0.15, -0.1) is 11.3 Å². The molecular formula is C22H16N2S. The zero-order valence-corrected chi connectivity index (χ0v) is 14.4. The lowest BCUT2D eigenvalue weighted by Gasteiger charge is -2.01. The van der Waals surface area contributed by atoms with Crippen LogP contribution in [0.2, 0.25) is 0 Å². The maximum absolute atomic E-state index is 4.57. The van der Waals surface area contributed by atoms with Crippen molar-refractivity contribution in [2.24, 2.45) is 0 Å². The van der Waals surface area contributed by atoms with E-state index in [1.165, 1.54) is 38.4 Å². The van der Waals surface area contributed by atoms with Crippen LogP contribution in [0, 0.1) is 0 Å². The number of benzene rings is 2. The lowest BCUT2D eigenvalue weighted by atomic mass is 10.0. The van der Waals surface area contributed by atoms with Gasteiger partial charge in [0.05, 0.1) is 11.4 Å². The summed E-state index contributed by atoms with van der Waals surface area (Å²) in [5, 5.41) is 9.96. The first kappa shape index (κ1) is 14.4. The molecule has 0 saturated carbocycles. The number of rotatable bonds is 3. The van der Waals surface area contributed by atoms with Crippen molar-refractivity contribution in [3.63, 3.8) is 0 Å². The molecule has 1 N–H and O–H groups in total. The number of hydrogen-bond acceptors (Lipinski definition) is 2. The Kier molecular flexibility index (Phi) is 3.39. The van der Waals surface area contributed by atoms with Crippen molar-refractivity contribution < 1.29 is 0 Å². The van der Waals surface area contributed by atoms with E-state index in [2.05, 4.69) is 82.3 Å². The summed E-state index contributed by atoms with van der Waals surface area (Å²) >= 11 is 1.83. The van der Waals surface area contributed by atoms with Crippen LogP contribution in [0.25, 0.3) is 34.7 Å². The Hall–Kier alpha value is -2.91. The Morgan fingerprint density at radius 1 is 0.880 bits per heavy atom. The van der Waals surface area contributed by atoms with Crippen LogP contribution < -0.4 is 0 Å². The predicted octanol–water partition coefficient (Wildman–Crippen LogP) is 5.88. The van der Waals surface area contributed by atoms with Crippen molar-refractivity contribution in [2.45, 2.75) is 6.42 Å². The third-order valence-corrected chi connectivity index (χ3v) is 5.59. The SMILES string of the molecule is C(=Cc1ccc(-c2n[nH]c3c2Cc2sccc2-3)cc1)c1ccccc1. The molecule has 25 heavy (non-hydrogen) atoms. The van der Waals surface area contributed by atoms with Gasteiger partial charge in [0, 0.05) is 28.0 Å². The third kappa shape index (κ3) is 2.53. The van der Waals surface area contributed by atoms with Crippen LogP contribution in [0.3, 0.4) is 0 Å². The number of hydrogen-bond donors (Lipinski definition) is 1. The molecule has 3 heteroatoms. The minimum atomic E-state index is 0.990. The smallest absolute Gasteiger partial charge is 0.0962 e. The minimum absolute atomic E-state index is 0.990. The molecule has 0 amide bonds. The summed E-state index contributed by atoms with van der Waals surface area (Å²) < 4.78 is 0. The monoisotopic (exact) mass is 340 g/mol. The van der Waals surface area contributed by atoms with Crippen molar-refractivity contribution in [3.05, 3.63) is 87.6 Å². The van der Waals surface area contributed by atoms with Gasteiger partial charge in [0.2, 0.25) is 0 Å². The molecule has 2 nitrogen and oxygen atoms in total. The van der Waals surface area contributed by atoms with Crippen LogP contribution in [0.1, 0.15) is 21.6 Å². The Morgan fingerprint density at radius 3 is 2.44 bits per heavy atom. The summed E-state index contributed by atoms with van der Waals surface area (Å²) in [6.45, 7) is 0. The number of nitrogens with one attached hydrogen (secondary N) is 1. The molecule has 4 aromatic rings. The molecule has 0 unspecified atom stereocenters. The van der Waals surface area contributed by atoms with Crippen LogP contribution in [0.15, 0.2) is 66.0 Å². The molecule has 0 aliphatic heterocycles. The number of aromatic amines is 1. The van der Waals surface area contributed by atoms with Gasteiger partial charge in [0.1, 0.15) is 0 Å². The van der Waals surface area contributed by atoms with Gasteiger partial charge in [-0.2, -0.15) is 5.10 Å². The largest absolute Gasteiger partial charge is 0.277 e. The van der Waals surface area contributed by atoms with E-state index in [0.717, 1.165) is 12.1 Å². The first-order valence-corrected chi connectivity index (χ1v) is 9.24. The number of thiophene rings is 1. The van der Waals surface area contributed by atoms with Crippen LogP contribution in [0.5, 0.6) is 0 Å². The Labute approximate surface area is 150 Å². The van der Waals surface area contributed by atoms with E-state index in [1.807, 2.05) is 17.4 Å². The average molecular weight is 340 g/mol. The van der Waals surface area contributed by atoms with Gasteiger partial charge in [-0.3, -0.25) is 5.10 Å². The van der Waals surface area contributed by atoms with Crippen molar-refractivity contribution in [1.82, 2.24) is 10.2 Å². The summed E-state index contributed by atoms with van der Waals surface area (Å²) in [5.74, 6) is 0. The lowest BCUT2D eigenvalue weighted by molar-refractivity contribution is 1.10. The van der Waals surface area contributed by atoms with Crippen LogP contribution in [-0.2, 0) is 6.42 Å². The second kappa shape index (κ2) is 5.87. The fourth-order valence-electron chi connectivity index (χ4n) is 3.37. The van der Waals surface area contributed by atoms with E-state index in [-0.39, 0.29) is 0 Å². The minimum Gasteiger partial charge on any atom is -0.277 e. The van der Waals surface area contributed by atoms with E-state index in [1.54, 1.807) is 0 Å². The van der Waals surface area contributed by atoms with E-state index in [4.69, 9.17) is 0 Å². The molecule has 0 atom stereocenters. The average Bonchev–Trinajstić information content (AvgIpc) is 3.34. The van der Waals surface area contributed by atoms with Crippen molar-refractivity contribution in [2.75, 3.05) is 0 Å². The normalized spacial score (nSPS) is 12.5. The molecule has 0 radical (unpaired) electrons. The molecule has 1 aliphatic rings. The standard InChI is InChI=1S/C22H16N2S/c1-2-4-15(5-3-1)6-7-16-8-10-17(11-9-16)21-19-14-20-18(12-13-25-20)22(19)24-23-21/h1-13H,14H2,(H,23,24). The van der Waals surface area contributed by atoms with Gasteiger partial charge in [0.15, 0.2) is 0 Å². The number of H-pyrrole nitrogens is 1. The van der Waals surface area contributed by atoms with Gasteiger partial charge in [-0.05, 0) is 22.6 Å². The van der Waals surface area contributed by atoms with Gasteiger partial charge in [-0.25, -0.2) is 0 Å². The molecular weight excluding hydrogens is 324 g/mol. The highest BCUT2D eigenvalue weighted by atomic mass is 32.1. The molecule has 120 valence electrons. The van der Waals surface area contributed by atoms with Crippen LogP contribution >= 0.6 is 11.3 Å². The van der Waals surface area contributed by atoms with Crippen molar-refractivity contribution >= 4 is 23.5 Å². The Balaban J connectivity index is 1.42. The first-order chi connectivity index (χ1) is 12.4. The zero-order valence-electron chi connectivity index (χ0n) is 13.6. The first-order valence-electron chi connectivity index (χ1n) is 8.36. The molecule has 0 spiro atoms. The van der Waals surface area contributed by atoms with E-state index < -0.39 is 0 Å². The lowest BCUT2D eigenvalue weighted by Crippen LogP contribution is -1.85. The fourth-order valence-corrected chi connectivity index (χ4v) is 4.26. The van der Waals surface area contributed by atoms with E-state index in [9.17, 15) is 0 Å². The van der Waals surface area contributed by atoms with Gasteiger partial charge < -0.3 is 0 Å². The number of fused-ring (bicyclic) bond motifs is 3. The predicted molar refractivity (Wildman–Crippen MR) is 106 cm³/mol. The molecule has 0 bridgehead atoms. The number of nitrogens with zero attached hydrogens (tertiary/aromatic N) is 1. The third-order valence-electron chi connectivity index (χ3n) is 4.67. The maximum atomic E-state index is 4.57. The summed E-state index contributed by atoms with van der Waals surface area (Å²) in [6, 6.07) is 21.2. The second-order valence-corrected chi connectivity index (χ2v) is 7.23. The zero-order chi connectivity index (χ0) is 16.6. The molecule has 0 saturated heterocycles. The molecule has 2 aromatic heterocycles. The summed E-state index contributed by atoms with van der Waals surface area (Å²) in [4.78, 5) is 1.44. The topological polar surface area (TPSA) is 28.7 Å². The molecule has 2 heterocycles. The molecule has 0 fully saturated rings. The summed E-state index contributed by atoms with van der Waals surface area (Å²) in [5.41, 5.74) is 8.50. The molecule has 1 aliphatic carbocycles. The van der Waals surface area contributed by atoms with Gasteiger partial charge >= 0.3 is 0 Å². The summed E-state index contributed by atoms with van der Waals surface area (Å²) in [6.07, 6.45) is 5.27. The van der Waals surface area contributed by atoms with Crippen molar-refractivity contribution in [1.29, 1.82) is 0 Å². The van der Waals surface area contributed by atoms with Gasteiger partial charge in [-0.1, -0.05) is 66.7 Å². The van der Waals surface area contributed by atoms with Crippen LogP contribution in [0.4, 0.5) is 0 Å². The summed E-state index contributed by atoms with van der Waals surface area (Å²) in [7, 11) is 0. The van der Waals surface area contributed by atoms with E-state index >= 15 is 0 Å². The fraction of sp³-hybridized carbons (Fsp3) is 0.0455. The Bertz CT molecular complexity index is 1050. The van der Waals surface area contributed by atoms with Crippen molar-refractivity contribution in [3.8, 4) is 22.5 Å². The highest BCUT2D eigenvalue weighted by Gasteiger charge is 2.25. The van der Waals surface area contributed by atoms with E-state index in [0.29, 0.717) is 0 Å². The van der Waals surface area contributed by atoms with Gasteiger partial charge in [0.25, 0.3) is 0 Å². The maximum Gasteiger partial charge on any atom is 0.0962 e.